The van der Waals surface area contributed by atoms with Crippen molar-refractivity contribution in [2.45, 2.75) is 27.3 Å². The van der Waals surface area contributed by atoms with Crippen molar-refractivity contribution in [2.75, 3.05) is 5.32 Å². The van der Waals surface area contributed by atoms with E-state index in [1.54, 1.807) is 29.3 Å². The van der Waals surface area contributed by atoms with Crippen LogP contribution in [0.5, 0.6) is 0 Å². The smallest absolute Gasteiger partial charge is 0.319 e. The van der Waals surface area contributed by atoms with E-state index < -0.39 is 0 Å². The summed E-state index contributed by atoms with van der Waals surface area (Å²) in [5.41, 5.74) is 6.27. The molecule has 0 aliphatic carbocycles. The maximum atomic E-state index is 12.3. The molecule has 0 saturated heterocycles. The molecule has 28 heavy (non-hydrogen) atoms. The predicted octanol–water partition coefficient (Wildman–Crippen LogP) is 3.39. The summed E-state index contributed by atoms with van der Waals surface area (Å²) in [6, 6.07) is 7.50. The van der Waals surface area contributed by atoms with Crippen LogP contribution in [0.15, 0.2) is 43.1 Å². The van der Waals surface area contributed by atoms with Gasteiger partial charge in [0.25, 0.3) is 0 Å². The van der Waals surface area contributed by atoms with E-state index >= 15 is 0 Å². The van der Waals surface area contributed by atoms with E-state index in [2.05, 4.69) is 63.6 Å². The van der Waals surface area contributed by atoms with E-state index in [0.29, 0.717) is 18.1 Å². The Balaban J connectivity index is 1.44. The molecule has 8 heteroatoms. The first kappa shape index (κ1) is 17.7. The molecule has 0 saturated carbocycles. The van der Waals surface area contributed by atoms with Crippen LogP contribution in [0, 0.1) is 20.8 Å². The largest absolute Gasteiger partial charge is 0.358 e. The number of aryl methyl sites for hydroxylation is 3. The zero-order valence-corrected chi connectivity index (χ0v) is 15.9. The summed E-state index contributed by atoms with van der Waals surface area (Å²) in [6.07, 6.45) is 4.59. The van der Waals surface area contributed by atoms with E-state index in [1.165, 1.54) is 22.8 Å². The Kier molecular flexibility index (Phi) is 4.52. The van der Waals surface area contributed by atoms with E-state index in [1.807, 2.05) is 0 Å². The number of hydrogen-bond acceptors (Lipinski definition) is 4. The van der Waals surface area contributed by atoms with Gasteiger partial charge in [0.1, 0.15) is 12.7 Å². The zero-order valence-electron chi connectivity index (χ0n) is 15.9. The minimum atomic E-state index is -0.287. The summed E-state index contributed by atoms with van der Waals surface area (Å²) >= 11 is 0. The highest BCUT2D eigenvalue weighted by atomic mass is 16.2. The van der Waals surface area contributed by atoms with Gasteiger partial charge in [-0.2, -0.15) is 5.10 Å². The Hall–Kier alpha value is -3.68. The lowest BCUT2D eigenvalue weighted by molar-refractivity contribution is 0.252. The molecule has 3 heterocycles. The molecule has 0 radical (unpaired) electrons. The molecule has 0 unspecified atom stereocenters. The van der Waals surface area contributed by atoms with Crippen molar-refractivity contribution in [1.82, 2.24) is 30.0 Å². The summed E-state index contributed by atoms with van der Waals surface area (Å²) in [4.78, 5) is 23.9. The van der Waals surface area contributed by atoms with Gasteiger partial charge in [-0.05, 0) is 50.1 Å². The number of fused-ring (bicyclic) bond motifs is 1. The summed E-state index contributed by atoms with van der Waals surface area (Å²) in [5.74, 6) is 0.628. The first-order chi connectivity index (χ1) is 13.5. The van der Waals surface area contributed by atoms with Gasteiger partial charge in [-0.3, -0.25) is 0 Å². The summed E-state index contributed by atoms with van der Waals surface area (Å²) in [6.45, 7) is 6.65. The lowest BCUT2D eigenvalue weighted by Gasteiger charge is -2.10. The van der Waals surface area contributed by atoms with Crippen molar-refractivity contribution < 1.29 is 4.79 Å². The summed E-state index contributed by atoms with van der Waals surface area (Å²) < 4.78 is 1.55. The zero-order chi connectivity index (χ0) is 19.7. The van der Waals surface area contributed by atoms with Crippen LogP contribution >= 0.6 is 0 Å². The van der Waals surface area contributed by atoms with Crippen molar-refractivity contribution in [3.8, 4) is 5.82 Å². The second-order valence-corrected chi connectivity index (χ2v) is 6.77. The fourth-order valence-electron chi connectivity index (χ4n) is 3.20. The van der Waals surface area contributed by atoms with E-state index in [0.717, 1.165) is 16.8 Å². The number of rotatable bonds is 4. The molecule has 1 aromatic carbocycles. The van der Waals surface area contributed by atoms with Crippen molar-refractivity contribution >= 4 is 22.6 Å². The van der Waals surface area contributed by atoms with Gasteiger partial charge in [0.15, 0.2) is 5.82 Å². The minimum absolute atomic E-state index is 0.287. The molecule has 0 fully saturated rings. The van der Waals surface area contributed by atoms with Gasteiger partial charge in [-0.15, -0.1) is 0 Å². The molecule has 0 aliphatic heterocycles. The number of pyridine rings is 1. The van der Waals surface area contributed by atoms with Crippen LogP contribution in [0.25, 0.3) is 16.7 Å². The minimum Gasteiger partial charge on any atom is -0.358 e. The molecule has 8 nitrogen and oxygen atoms in total. The van der Waals surface area contributed by atoms with Gasteiger partial charge < -0.3 is 15.6 Å². The van der Waals surface area contributed by atoms with Crippen molar-refractivity contribution in [3.63, 3.8) is 0 Å². The molecule has 142 valence electrons. The van der Waals surface area contributed by atoms with Gasteiger partial charge in [-0.1, -0.05) is 11.6 Å². The molecule has 2 amide bonds. The third-order valence-corrected chi connectivity index (χ3v) is 4.74. The molecule has 4 aromatic rings. The third kappa shape index (κ3) is 3.44. The number of aromatic nitrogens is 5. The van der Waals surface area contributed by atoms with Crippen molar-refractivity contribution in [2.24, 2.45) is 0 Å². The molecular formula is C20H21N7O. The Morgan fingerprint density at radius 2 is 2.07 bits per heavy atom. The number of carbonyl (C=O) groups is 1. The lowest BCUT2D eigenvalue weighted by Crippen LogP contribution is -2.28. The number of amides is 2. The van der Waals surface area contributed by atoms with Gasteiger partial charge in [-0.25, -0.2) is 19.4 Å². The van der Waals surface area contributed by atoms with Crippen LogP contribution in [0.1, 0.15) is 22.4 Å². The van der Waals surface area contributed by atoms with Gasteiger partial charge in [0, 0.05) is 17.6 Å². The van der Waals surface area contributed by atoms with Crippen LogP contribution in [0.3, 0.4) is 0 Å². The molecule has 0 bridgehead atoms. The van der Waals surface area contributed by atoms with Crippen LogP contribution < -0.4 is 10.6 Å². The van der Waals surface area contributed by atoms with Crippen LogP contribution in [-0.2, 0) is 6.54 Å². The van der Waals surface area contributed by atoms with E-state index in [-0.39, 0.29) is 6.03 Å². The highest BCUT2D eigenvalue weighted by Crippen LogP contribution is 2.26. The first-order valence-corrected chi connectivity index (χ1v) is 8.95. The maximum absolute atomic E-state index is 12.3. The molecule has 0 spiro atoms. The second-order valence-electron chi connectivity index (χ2n) is 6.77. The van der Waals surface area contributed by atoms with Gasteiger partial charge in [0.05, 0.1) is 17.4 Å². The molecule has 0 aliphatic rings. The highest BCUT2D eigenvalue weighted by molar-refractivity contribution is 5.90. The highest BCUT2D eigenvalue weighted by Gasteiger charge is 2.11. The Morgan fingerprint density at radius 3 is 2.79 bits per heavy atom. The molecule has 3 aromatic heterocycles. The Labute approximate surface area is 162 Å². The van der Waals surface area contributed by atoms with E-state index in [4.69, 9.17) is 0 Å². The third-order valence-electron chi connectivity index (χ3n) is 4.74. The average molecular weight is 375 g/mol. The molecular weight excluding hydrogens is 354 g/mol. The molecule has 3 N–H and O–H groups in total. The number of hydrogen-bond donors (Lipinski definition) is 3. The topological polar surface area (TPSA) is 101 Å². The predicted molar refractivity (Wildman–Crippen MR) is 108 cm³/mol. The Bertz CT molecular complexity index is 1130. The second kappa shape index (κ2) is 7.15. The fraction of sp³-hybridized carbons (Fsp3) is 0.200. The van der Waals surface area contributed by atoms with Crippen LogP contribution in [-0.4, -0.2) is 30.8 Å². The van der Waals surface area contributed by atoms with Gasteiger partial charge >= 0.3 is 6.03 Å². The summed E-state index contributed by atoms with van der Waals surface area (Å²) in [7, 11) is 0. The van der Waals surface area contributed by atoms with E-state index in [9.17, 15) is 4.79 Å². The SMILES string of the molecule is Cc1cc(CNC(=O)Nc2ccc(-n3cncn3)nc2)c2[nH]c(C)c(C)c2c1. The monoisotopic (exact) mass is 375 g/mol. The van der Waals surface area contributed by atoms with Gasteiger partial charge in [0.2, 0.25) is 0 Å². The maximum Gasteiger partial charge on any atom is 0.319 e. The Morgan fingerprint density at radius 1 is 1.21 bits per heavy atom. The summed E-state index contributed by atoms with van der Waals surface area (Å²) in [5, 5.41) is 10.9. The number of aromatic amines is 1. The number of anilines is 1. The quantitative estimate of drug-likeness (QED) is 0.509. The van der Waals surface area contributed by atoms with Crippen LogP contribution in [0.2, 0.25) is 0 Å². The standard InChI is InChI=1S/C20H21N7O/c1-12-6-15(19-17(7-12)13(2)14(3)25-19)8-23-20(28)26-16-4-5-18(22-9-16)27-11-21-10-24-27/h4-7,9-11,25H,8H2,1-3H3,(H2,23,26,28). The molecule has 0 atom stereocenters. The fourth-order valence-corrected chi connectivity index (χ4v) is 3.20. The average Bonchev–Trinajstić information content (AvgIpc) is 3.31. The van der Waals surface area contributed by atoms with Crippen molar-refractivity contribution in [1.29, 1.82) is 0 Å². The number of benzene rings is 1. The number of H-pyrrole nitrogens is 1. The lowest BCUT2D eigenvalue weighted by atomic mass is 10.0. The van der Waals surface area contributed by atoms with Crippen molar-refractivity contribution in [3.05, 3.63) is 65.5 Å². The number of urea groups is 1. The first-order valence-electron chi connectivity index (χ1n) is 8.95. The number of carbonyl (C=O) groups excluding carboxylic acids is 1. The number of nitrogens with zero attached hydrogens (tertiary/aromatic N) is 4. The normalized spacial score (nSPS) is 11.0. The number of nitrogens with one attached hydrogen (secondary N) is 3. The van der Waals surface area contributed by atoms with Crippen LogP contribution in [0.4, 0.5) is 10.5 Å². The molecule has 4 rings (SSSR count).